The summed E-state index contributed by atoms with van der Waals surface area (Å²) in [6.07, 6.45) is -0.202. The van der Waals surface area contributed by atoms with Crippen LogP contribution in [0.1, 0.15) is 19.4 Å². The van der Waals surface area contributed by atoms with Crippen LogP contribution >= 0.6 is 0 Å². The number of rotatable bonds is 5. The number of ether oxygens (including phenoxy) is 1. The van der Waals surface area contributed by atoms with E-state index in [4.69, 9.17) is 9.88 Å². The van der Waals surface area contributed by atoms with Crippen molar-refractivity contribution in [2.24, 2.45) is 5.14 Å². The monoisotopic (exact) mass is 439 g/mol. The minimum atomic E-state index is -3.88. The number of amides is 1. The van der Waals surface area contributed by atoms with Gasteiger partial charge in [-0.15, -0.1) is 0 Å². The van der Waals surface area contributed by atoms with E-state index in [0.29, 0.717) is 23.5 Å². The SMILES string of the molecule is CC(=O)N1CC(C)Oc2ccc(S(=O)(=O)NCc3ccc(S(N)(=O)=O)cc3)cc21. The zero-order chi connectivity index (χ0) is 21.4. The van der Waals surface area contributed by atoms with Gasteiger partial charge in [-0.3, -0.25) is 4.79 Å². The van der Waals surface area contributed by atoms with Crippen molar-refractivity contribution in [3.63, 3.8) is 0 Å². The summed E-state index contributed by atoms with van der Waals surface area (Å²) in [7, 11) is -7.69. The fraction of sp³-hybridized carbons (Fsp3) is 0.278. The molecule has 1 unspecified atom stereocenters. The Labute approximate surface area is 169 Å². The lowest BCUT2D eigenvalue weighted by Crippen LogP contribution is -2.41. The van der Waals surface area contributed by atoms with Gasteiger partial charge in [0.15, 0.2) is 0 Å². The number of carbonyl (C=O) groups excluding carboxylic acids is 1. The number of anilines is 1. The number of benzene rings is 2. The molecule has 0 bridgehead atoms. The average molecular weight is 440 g/mol. The van der Waals surface area contributed by atoms with Gasteiger partial charge in [0.2, 0.25) is 26.0 Å². The largest absolute Gasteiger partial charge is 0.487 e. The molecule has 9 nitrogen and oxygen atoms in total. The van der Waals surface area contributed by atoms with Crippen LogP contribution in [0.5, 0.6) is 5.75 Å². The third-order valence-electron chi connectivity index (χ3n) is 4.40. The molecule has 0 aromatic heterocycles. The Morgan fingerprint density at radius 1 is 1.14 bits per heavy atom. The molecule has 1 aliphatic rings. The summed E-state index contributed by atoms with van der Waals surface area (Å²) in [5.41, 5.74) is 0.956. The Morgan fingerprint density at radius 2 is 1.76 bits per heavy atom. The first-order chi connectivity index (χ1) is 13.5. The molecule has 0 spiro atoms. The normalized spacial score (nSPS) is 16.8. The molecule has 1 atom stereocenters. The molecule has 0 aliphatic carbocycles. The van der Waals surface area contributed by atoms with E-state index in [1.807, 2.05) is 6.92 Å². The van der Waals surface area contributed by atoms with Crippen LogP contribution in [0, 0.1) is 0 Å². The van der Waals surface area contributed by atoms with Crippen molar-refractivity contribution in [2.45, 2.75) is 36.3 Å². The second-order valence-corrected chi connectivity index (χ2v) is 10.0. The number of primary sulfonamides is 1. The summed E-state index contributed by atoms with van der Waals surface area (Å²) in [5.74, 6) is 0.232. The zero-order valence-electron chi connectivity index (χ0n) is 15.8. The van der Waals surface area contributed by atoms with E-state index in [9.17, 15) is 21.6 Å². The number of hydrogen-bond acceptors (Lipinski definition) is 6. The summed E-state index contributed by atoms with van der Waals surface area (Å²) < 4.78 is 56.1. The zero-order valence-corrected chi connectivity index (χ0v) is 17.5. The first-order valence-corrected chi connectivity index (χ1v) is 11.7. The van der Waals surface area contributed by atoms with Crippen molar-refractivity contribution in [1.82, 2.24) is 4.72 Å². The number of hydrogen-bond donors (Lipinski definition) is 2. The maximum atomic E-state index is 12.7. The van der Waals surface area contributed by atoms with Crippen LogP contribution in [0.3, 0.4) is 0 Å². The highest BCUT2D eigenvalue weighted by Crippen LogP contribution is 2.35. The van der Waals surface area contributed by atoms with E-state index in [1.165, 1.54) is 54.3 Å². The van der Waals surface area contributed by atoms with Crippen LogP contribution in [0.25, 0.3) is 0 Å². The first-order valence-electron chi connectivity index (χ1n) is 8.67. The van der Waals surface area contributed by atoms with Gasteiger partial charge in [0, 0.05) is 13.5 Å². The van der Waals surface area contributed by atoms with Gasteiger partial charge in [-0.2, -0.15) is 0 Å². The van der Waals surface area contributed by atoms with Crippen molar-refractivity contribution in [1.29, 1.82) is 0 Å². The van der Waals surface area contributed by atoms with Crippen LogP contribution in [-0.4, -0.2) is 35.4 Å². The summed E-state index contributed by atoms with van der Waals surface area (Å²) in [5, 5.41) is 5.05. The van der Waals surface area contributed by atoms with E-state index < -0.39 is 20.0 Å². The summed E-state index contributed by atoms with van der Waals surface area (Å²) in [6.45, 7) is 3.52. The highest BCUT2D eigenvalue weighted by atomic mass is 32.2. The van der Waals surface area contributed by atoms with Crippen molar-refractivity contribution < 1.29 is 26.4 Å². The maximum absolute atomic E-state index is 12.7. The molecule has 1 amide bonds. The number of nitrogens with one attached hydrogen (secondary N) is 1. The summed E-state index contributed by atoms with van der Waals surface area (Å²) in [4.78, 5) is 13.3. The Hall–Kier alpha value is -2.47. The Balaban J connectivity index is 1.81. The highest BCUT2D eigenvalue weighted by molar-refractivity contribution is 7.89. The van der Waals surface area contributed by atoms with Gasteiger partial charge < -0.3 is 9.64 Å². The molecule has 11 heteroatoms. The molecule has 0 saturated heterocycles. The van der Waals surface area contributed by atoms with E-state index in [1.54, 1.807) is 0 Å². The Morgan fingerprint density at radius 3 is 2.34 bits per heavy atom. The fourth-order valence-corrected chi connectivity index (χ4v) is 4.49. The molecule has 29 heavy (non-hydrogen) atoms. The van der Waals surface area contributed by atoms with Gasteiger partial charge >= 0.3 is 0 Å². The molecule has 2 aromatic carbocycles. The van der Waals surface area contributed by atoms with Gasteiger partial charge in [0.1, 0.15) is 11.9 Å². The molecule has 156 valence electrons. The molecular formula is C18H21N3O6S2. The van der Waals surface area contributed by atoms with Gasteiger partial charge in [-0.25, -0.2) is 26.7 Å². The van der Waals surface area contributed by atoms with Gasteiger partial charge in [-0.05, 0) is 42.8 Å². The predicted molar refractivity (Wildman–Crippen MR) is 106 cm³/mol. The van der Waals surface area contributed by atoms with E-state index in [-0.39, 0.29) is 28.3 Å². The molecule has 0 fully saturated rings. The van der Waals surface area contributed by atoms with Crippen LogP contribution in [0.4, 0.5) is 5.69 Å². The van der Waals surface area contributed by atoms with Gasteiger partial charge in [-0.1, -0.05) is 12.1 Å². The first kappa shape index (κ1) is 21.2. The minimum absolute atomic E-state index is 0.0122. The lowest BCUT2D eigenvalue weighted by atomic mass is 10.2. The standard InChI is InChI=1S/C18H21N3O6S2/c1-12-11-21(13(2)22)17-9-16(7-8-18(17)27-12)29(25,26)20-10-14-3-5-15(6-4-14)28(19,23)24/h3-9,12,20H,10-11H2,1-2H3,(H2,19,23,24). The average Bonchev–Trinajstić information content (AvgIpc) is 2.65. The maximum Gasteiger partial charge on any atom is 0.240 e. The van der Waals surface area contributed by atoms with E-state index in [0.717, 1.165) is 0 Å². The number of nitrogens with zero attached hydrogens (tertiary/aromatic N) is 1. The van der Waals surface area contributed by atoms with Crippen LogP contribution < -0.4 is 19.5 Å². The summed E-state index contributed by atoms with van der Waals surface area (Å²) >= 11 is 0. The van der Waals surface area contributed by atoms with Gasteiger partial charge in [0.05, 0.1) is 22.0 Å². The lowest BCUT2D eigenvalue weighted by Gasteiger charge is -2.33. The van der Waals surface area contributed by atoms with E-state index in [2.05, 4.69) is 4.72 Å². The molecule has 0 saturated carbocycles. The topological polar surface area (TPSA) is 136 Å². The van der Waals surface area contributed by atoms with E-state index >= 15 is 0 Å². The third-order valence-corrected chi connectivity index (χ3v) is 6.73. The molecule has 1 aliphatic heterocycles. The third kappa shape index (κ3) is 4.75. The lowest BCUT2D eigenvalue weighted by molar-refractivity contribution is -0.117. The van der Waals surface area contributed by atoms with Crippen LogP contribution in [0.15, 0.2) is 52.3 Å². The highest BCUT2D eigenvalue weighted by Gasteiger charge is 2.27. The number of carbonyl (C=O) groups is 1. The number of fused-ring (bicyclic) bond motifs is 1. The molecular weight excluding hydrogens is 418 g/mol. The Bertz CT molecular complexity index is 1140. The van der Waals surface area contributed by atoms with Crippen molar-refractivity contribution in [3.05, 3.63) is 48.0 Å². The molecule has 3 N–H and O–H groups in total. The van der Waals surface area contributed by atoms with Crippen molar-refractivity contribution >= 4 is 31.6 Å². The predicted octanol–water partition coefficient (Wildman–Crippen LogP) is 0.946. The van der Waals surface area contributed by atoms with Crippen LogP contribution in [-0.2, 0) is 31.4 Å². The molecule has 3 rings (SSSR count). The Kier molecular flexibility index (Phi) is 5.68. The fourth-order valence-electron chi connectivity index (χ4n) is 2.94. The molecule has 1 heterocycles. The quantitative estimate of drug-likeness (QED) is 0.712. The van der Waals surface area contributed by atoms with Crippen molar-refractivity contribution in [3.8, 4) is 5.75 Å². The minimum Gasteiger partial charge on any atom is -0.487 e. The number of nitrogens with two attached hydrogens (primary N) is 1. The van der Waals surface area contributed by atoms with Crippen molar-refractivity contribution in [2.75, 3.05) is 11.4 Å². The number of sulfonamides is 2. The molecule has 0 radical (unpaired) electrons. The second-order valence-electron chi connectivity index (χ2n) is 6.70. The van der Waals surface area contributed by atoms with Crippen LogP contribution in [0.2, 0.25) is 0 Å². The summed E-state index contributed by atoms with van der Waals surface area (Å²) in [6, 6.07) is 9.89. The molecule has 2 aromatic rings. The smallest absolute Gasteiger partial charge is 0.240 e. The van der Waals surface area contributed by atoms with Gasteiger partial charge in [0.25, 0.3) is 0 Å². The second kappa shape index (κ2) is 7.75.